The van der Waals surface area contributed by atoms with Crippen molar-refractivity contribution in [2.24, 2.45) is 45.3 Å². The summed E-state index contributed by atoms with van der Waals surface area (Å²) in [7, 11) is 0. The van der Waals surface area contributed by atoms with Crippen molar-refractivity contribution < 1.29 is 49.4 Å². The van der Waals surface area contributed by atoms with E-state index in [4.69, 9.17) is 9.47 Å². The van der Waals surface area contributed by atoms with Crippen LogP contribution in [0.25, 0.3) is 0 Å². The summed E-state index contributed by atoms with van der Waals surface area (Å²) in [6, 6.07) is 1.99. The van der Waals surface area contributed by atoms with E-state index in [0.29, 0.717) is 79.8 Å². The first-order valence-corrected chi connectivity index (χ1v) is 24.4. The Bertz CT molecular complexity index is 2340. The zero-order chi connectivity index (χ0) is 45.8. The van der Waals surface area contributed by atoms with Gasteiger partial charge in [0.2, 0.25) is 0 Å². The lowest BCUT2D eigenvalue weighted by atomic mass is 9.43. The summed E-state index contributed by atoms with van der Waals surface area (Å²) in [5.74, 6) is 0.284. The number of aliphatic hydroxyl groups is 2. The molecule has 11 atom stereocenters. The van der Waals surface area contributed by atoms with Crippen LogP contribution in [0.1, 0.15) is 169 Å². The van der Waals surface area contributed by atoms with Gasteiger partial charge in [-0.3, -0.25) is 9.59 Å². The number of aliphatic hydroxyl groups excluding tert-OH is 2. The number of aliphatic carboxylic acids is 1. The zero-order valence-corrected chi connectivity index (χ0v) is 39.2. The number of carboxylic acids is 1. The third-order valence-corrected chi connectivity index (χ3v) is 20.1. The summed E-state index contributed by atoms with van der Waals surface area (Å²) in [5, 5.41) is 55.7. The molecule has 2 spiro atoms. The molecule has 0 aromatic heterocycles. The molecular weight excluding hydrogens is 813 g/mol. The minimum absolute atomic E-state index is 0.000884. The maximum atomic E-state index is 14.1. The van der Waals surface area contributed by atoms with Crippen LogP contribution in [0, 0.1) is 45.3 Å². The Morgan fingerprint density at radius 1 is 0.688 bits per heavy atom. The number of phenolic OH excluding ortho intramolecular Hbond substituents is 2. The molecule has 4 aliphatic heterocycles. The number of fused-ring (bicyclic) bond motifs is 10. The fraction of sp³-hybridized carbons (Fsp3) is 0.712. The van der Waals surface area contributed by atoms with Crippen molar-refractivity contribution in [2.45, 2.75) is 181 Å². The molecule has 348 valence electrons. The van der Waals surface area contributed by atoms with Crippen LogP contribution in [0.3, 0.4) is 0 Å². The van der Waals surface area contributed by atoms with Crippen molar-refractivity contribution in [3.63, 3.8) is 0 Å². The predicted molar refractivity (Wildman–Crippen MR) is 238 cm³/mol. The van der Waals surface area contributed by atoms with Gasteiger partial charge >= 0.3 is 5.97 Å². The smallest absolute Gasteiger partial charge is 0.326 e. The largest absolute Gasteiger partial charge is 0.508 e. The number of nitrogens with zero attached hydrogens (tertiary/aromatic N) is 2. The lowest BCUT2D eigenvalue weighted by Crippen LogP contribution is -2.66. The van der Waals surface area contributed by atoms with Crippen LogP contribution in [0.5, 0.6) is 23.0 Å². The lowest BCUT2D eigenvalue weighted by Gasteiger charge is -2.64. The molecule has 10 rings (SSSR count). The summed E-state index contributed by atoms with van der Waals surface area (Å²) in [6.45, 7) is 18.5. The van der Waals surface area contributed by atoms with E-state index in [1.807, 2.05) is 0 Å². The fourth-order valence-corrected chi connectivity index (χ4v) is 16.1. The molecule has 2 aromatic carbocycles. The van der Waals surface area contributed by atoms with Crippen LogP contribution in [-0.2, 0) is 30.7 Å². The molecule has 4 aliphatic carbocycles. The Hall–Kier alpha value is -4.03. The number of unbranched alkanes of at least 4 members (excludes halogenated alkanes) is 1. The van der Waals surface area contributed by atoms with Gasteiger partial charge in [0.1, 0.15) is 40.2 Å². The van der Waals surface area contributed by atoms with E-state index in [0.717, 1.165) is 49.7 Å². The van der Waals surface area contributed by atoms with Gasteiger partial charge in [0, 0.05) is 52.5 Å². The molecule has 0 saturated heterocycles. The number of ether oxygens (including phenoxy) is 2. The Morgan fingerprint density at radius 2 is 1.16 bits per heavy atom. The molecule has 8 aliphatic rings. The number of aromatic hydroxyl groups is 2. The minimum Gasteiger partial charge on any atom is -0.508 e. The van der Waals surface area contributed by atoms with Gasteiger partial charge in [0.25, 0.3) is 11.8 Å². The number of hydrogen-bond donors (Lipinski definition) is 5. The maximum absolute atomic E-state index is 14.1. The molecule has 0 bridgehead atoms. The standard InChI is InChI=1S/C52H70N2O10/c1-27-12-14-38-47(3,4)40(57)16-18-49(38,7)51(27)23-31-36(55)21-29-33(42(31)63-51)25-53(44(29)59)20-10-9-11-35(46(61)62)54-26-34-30(45(54)60)22-37(56)32-24-52(64-43(32)34)28(2)13-15-39-48(5,6)41(58)17-19-50(39,52)8/h21-22,27-28,35,38-41,55-58H,9-20,23-26H2,1-8H3,(H,61,62)/t27-,28-,35+,38?,39?,40-,41-,49+,50+,51-,52-/m1/s1. The van der Waals surface area contributed by atoms with Gasteiger partial charge in [-0.25, -0.2) is 4.79 Å². The number of carbonyl (C=O) groups is 3. The number of carboxylic acid groups (broad SMARTS) is 1. The van der Waals surface area contributed by atoms with Gasteiger partial charge in [0.05, 0.1) is 36.4 Å². The third-order valence-electron chi connectivity index (χ3n) is 20.1. The van der Waals surface area contributed by atoms with E-state index in [1.54, 1.807) is 11.0 Å². The summed E-state index contributed by atoms with van der Waals surface area (Å²) < 4.78 is 14.4. The average molecular weight is 883 g/mol. The Labute approximate surface area is 377 Å². The van der Waals surface area contributed by atoms with E-state index < -0.39 is 35.2 Å². The first-order valence-electron chi connectivity index (χ1n) is 24.4. The molecular formula is C52H70N2O10. The Morgan fingerprint density at radius 3 is 1.64 bits per heavy atom. The number of carbonyl (C=O) groups excluding carboxylic acids is 2. The fourth-order valence-electron chi connectivity index (χ4n) is 16.1. The molecule has 4 heterocycles. The van der Waals surface area contributed by atoms with Crippen LogP contribution in [-0.4, -0.2) is 89.1 Å². The maximum Gasteiger partial charge on any atom is 0.326 e. The van der Waals surface area contributed by atoms with Crippen molar-refractivity contribution >= 4 is 17.8 Å². The van der Waals surface area contributed by atoms with Crippen LogP contribution in [0.15, 0.2) is 12.1 Å². The third kappa shape index (κ3) is 5.62. The molecule has 2 aromatic rings. The monoisotopic (exact) mass is 883 g/mol. The van der Waals surface area contributed by atoms with E-state index >= 15 is 0 Å². The first kappa shape index (κ1) is 43.8. The predicted octanol–water partition coefficient (Wildman–Crippen LogP) is 8.15. The van der Waals surface area contributed by atoms with E-state index in [2.05, 4.69) is 55.4 Å². The summed E-state index contributed by atoms with van der Waals surface area (Å²) in [5.41, 5.74) is 1.24. The quantitative estimate of drug-likeness (QED) is 0.171. The minimum atomic E-state index is -1.12. The summed E-state index contributed by atoms with van der Waals surface area (Å²) >= 11 is 0. The zero-order valence-electron chi connectivity index (χ0n) is 39.2. The van der Waals surface area contributed by atoms with E-state index in [1.165, 1.54) is 11.0 Å². The van der Waals surface area contributed by atoms with Gasteiger partial charge in [-0.2, -0.15) is 0 Å². The average Bonchev–Trinajstić information content (AvgIpc) is 4.00. The SMILES string of the molecule is C[C@@H]1CCC2C(C)(C)[C@H](O)CC[C@]2(C)[C@@]12Cc1c(O)cc3c(c1O2)CN(CCCC[C@@H](C(=O)O)N1Cc2c(cc(O)c4c2O[C@]2(C4)[C@H](C)CCC4C(C)(C)[C@H](O)CC[C@@]42C)C1=O)C3=O. The molecule has 4 fully saturated rings. The van der Waals surface area contributed by atoms with Gasteiger partial charge in [-0.1, -0.05) is 55.4 Å². The Kier molecular flexibility index (Phi) is 9.75. The van der Waals surface area contributed by atoms with Gasteiger partial charge in [-0.15, -0.1) is 0 Å². The second-order valence-electron chi connectivity index (χ2n) is 23.5. The second-order valence-corrected chi connectivity index (χ2v) is 23.5. The number of hydrogen-bond acceptors (Lipinski definition) is 9. The number of phenols is 2. The highest BCUT2D eigenvalue weighted by molar-refractivity contribution is 6.02. The Balaban J connectivity index is 0.831. The molecule has 64 heavy (non-hydrogen) atoms. The van der Waals surface area contributed by atoms with Crippen molar-refractivity contribution in [1.29, 1.82) is 0 Å². The molecule has 2 amide bonds. The van der Waals surface area contributed by atoms with E-state index in [9.17, 15) is 39.9 Å². The molecule has 2 unspecified atom stereocenters. The highest BCUT2D eigenvalue weighted by Crippen LogP contribution is 2.69. The topological polar surface area (TPSA) is 177 Å². The lowest BCUT2D eigenvalue weighted by molar-refractivity contribution is -0.210. The van der Waals surface area contributed by atoms with Crippen LogP contribution in [0.4, 0.5) is 0 Å². The second kappa shape index (κ2) is 14.2. The van der Waals surface area contributed by atoms with Crippen molar-refractivity contribution in [3.8, 4) is 23.0 Å². The number of rotatable bonds is 7. The van der Waals surface area contributed by atoms with Crippen molar-refractivity contribution in [2.75, 3.05) is 6.54 Å². The molecule has 12 heteroatoms. The van der Waals surface area contributed by atoms with E-state index in [-0.39, 0.29) is 87.4 Å². The molecule has 12 nitrogen and oxygen atoms in total. The number of amides is 2. The summed E-state index contributed by atoms with van der Waals surface area (Å²) in [6.07, 6.45) is 8.21. The normalized spacial score (nSPS) is 38.0. The van der Waals surface area contributed by atoms with Crippen molar-refractivity contribution in [1.82, 2.24) is 9.80 Å². The first-order chi connectivity index (χ1) is 30.0. The molecule has 0 radical (unpaired) electrons. The highest BCUT2D eigenvalue weighted by atomic mass is 16.5. The van der Waals surface area contributed by atoms with Crippen LogP contribution >= 0.6 is 0 Å². The van der Waals surface area contributed by atoms with Gasteiger partial charge in [0.15, 0.2) is 0 Å². The van der Waals surface area contributed by atoms with Crippen LogP contribution < -0.4 is 9.47 Å². The summed E-state index contributed by atoms with van der Waals surface area (Å²) in [4.78, 5) is 44.2. The molecule has 5 N–H and O–H groups in total. The van der Waals surface area contributed by atoms with Crippen molar-refractivity contribution in [3.05, 3.63) is 45.5 Å². The highest BCUT2D eigenvalue weighted by Gasteiger charge is 2.69. The molecule has 4 saturated carbocycles. The number of benzene rings is 2. The van der Waals surface area contributed by atoms with Crippen LogP contribution in [0.2, 0.25) is 0 Å². The van der Waals surface area contributed by atoms with Gasteiger partial charge < -0.3 is 44.8 Å². The van der Waals surface area contributed by atoms with Gasteiger partial charge in [-0.05, 0) is 117 Å².